The molecule has 2 N–H and O–H groups in total. The molecule has 8 nitrogen and oxygen atoms in total. The largest absolute Gasteiger partial charge is 0.465 e. The van der Waals surface area contributed by atoms with E-state index in [1.807, 2.05) is 0 Å². The van der Waals surface area contributed by atoms with Crippen LogP contribution >= 0.6 is 0 Å². The van der Waals surface area contributed by atoms with E-state index < -0.39 is 16.1 Å². The van der Waals surface area contributed by atoms with Crippen LogP contribution in [0.3, 0.4) is 0 Å². The molecule has 2 fully saturated rings. The van der Waals surface area contributed by atoms with E-state index in [4.69, 9.17) is 5.11 Å². The van der Waals surface area contributed by atoms with Crippen LogP contribution in [-0.4, -0.2) is 67.0 Å². The zero-order chi connectivity index (χ0) is 21.0. The highest BCUT2D eigenvalue weighted by Gasteiger charge is 2.34. The van der Waals surface area contributed by atoms with Gasteiger partial charge in [0.15, 0.2) is 0 Å². The third kappa shape index (κ3) is 5.08. The molecule has 29 heavy (non-hydrogen) atoms. The summed E-state index contributed by atoms with van der Waals surface area (Å²) in [6.45, 7) is 0.619. The van der Waals surface area contributed by atoms with Crippen LogP contribution in [0.1, 0.15) is 38.5 Å². The highest BCUT2D eigenvalue weighted by atomic mass is 32.2. The average molecular weight is 424 g/mol. The van der Waals surface area contributed by atoms with Crippen LogP contribution in [0.25, 0.3) is 0 Å². The Morgan fingerprint density at radius 1 is 1.10 bits per heavy atom. The fraction of sp³-hybridized carbons (Fsp3) is 0.600. The van der Waals surface area contributed by atoms with Gasteiger partial charge in [-0.1, -0.05) is 18.2 Å². The summed E-state index contributed by atoms with van der Waals surface area (Å²) >= 11 is 0. The molecule has 1 atom stereocenters. The van der Waals surface area contributed by atoms with Gasteiger partial charge in [0.2, 0.25) is 15.9 Å². The number of carboxylic acid groups (broad SMARTS) is 1. The van der Waals surface area contributed by atoms with Gasteiger partial charge in [-0.15, -0.1) is 0 Å². The van der Waals surface area contributed by atoms with Crippen LogP contribution in [-0.2, 0) is 14.8 Å². The molecule has 160 valence electrons. The second kappa shape index (κ2) is 9.13. The van der Waals surface area contributed by atoms with Gasteiger partial charge >= 0.3 is 6.09 Å². The van der Waals surface area contributed by atoms with Crippen molar-refractivity contribution in [3.63, 3.8) is 0 Å². The van der Waals surface area contributed by atoms with Crippen LogP contribution in [0.5, 0.6) is 0 Å². The van der Waals surface area contributed by atoms with Gasteiger partial charge in [0, 0.05) is 32.2 Å². The van der Waals surface area contributed by atoms with Crippen LogP contribution < -0.4 is 5.32 Å². The van der Waals surface area contributed by atoms with Gasteiger partial charge in [0.1, 0.15) is 0 Å². The van der Waals surface area contributed by atoms with E-state index >= 15 is 0 Å². The Hall–Kier alpha value is -2.13. The molecule has 9 heteroatoms. The predicted octanol–water partition coefficient (Wildman–Crippen LogP) is 2.12. The van der Waals surface area contributed by atoms with Crippen molar-refractivity contribution in [2.75, 3.05) is 20.1 Å². The summed E-state index contributed by atoms with van der Waals surface area (Å²) in [6.07, 6.45) is 3.28. The molecule has 1 saturated heterocycles. The lowest BCUT2D eigenvalue weighted by Crippen LogP contribution is -2.49. The first kappa shape index (κ1) is 21.6. The minimum absolute atomic E-state index is 0.0122. The number of carbonyl (C=O) groups is 2. The fourth-order valence-corrected chi connectivity index (χ4v) is 5.74. The third-order valence-corrected chi connectivity index (χ3v) is 7.91. The standard InChI is InChI=1S/C20H29N3O5S/c1-22(20(25)26)17-11-9-16(10-12-17)21-19(24)15-6-5-13-23(14-15)29(27,28)18-7-3-2-4-8-18/h2-4,7-8,15-17H,5-6,9-14H2,1H3,(H,21,24)(H,25,26)/t15-,16?,17?/m0/s1. The number of carbonyl (C=O) groups excluding carboxylic acids is 1. The van der Waals surface area contributed by atoms with E-state index in [1.54, 1.807) is 37.4 Å². The van der Waals surface area contributed by atoms with Gasteiger partial charge in [-0.25, -0.2) is 13.2 Å². The number of nitrogens with zero attached hydrogens (tertiary/aromatic N) is 2. The third-order valence-electron chi connectivity index (χ3n) is 6.03. The van der Waals surface area contributed by atoms with Crippen molar-refractivity contribution in [1.82, 2.24) is 14.5 Å². The van der Waals surface area contributed by atoms with E-state index in [9.17, 15) is 18.0 Å². The minimum atomic E-state index is -3.59. The SMILES string of the molecule is CN(C(=O)O)C1CCC(NC(=O)[C@H]2CCCN(S(=O)(=O)c3ccccc3)C2)CC1. The second-order valence-electron chi connectivity index (χ2n) is 7.92. The maximum atomic E-state index is 12.8. The number of nitrogens with one attached hydrogen (secondary N) is 1. The summed E-state index contributed by atoms with van der Waals surface area (Å²) in [7, 11) is -2.02. The van der Waals surface area contributed by atoms with E-state index in [0.717, 1.165) is 12.8 Å². The number of benzene rings is 1. The van der Waals surface area contributed by atoms with Crippen LogP contribution in [0.15, 0.2) is 35.2 Å². The van der Waals surface area contributed by atoms with E-state index in [1.165, 1.54) is 9.21 Å². The molecular formula is C20H29N3O5S. The van der Waals surface area contributed by atoms with Crippen molar-refractivity contribution < 1.29 is 23.1 Å². The van der Waals surface area contributed by atoms with Gasteiger partial charge < -0.3 is 15.3 Å². The Labute approximate surface area is 171 Å². The molecule has 0 spiro atoms. The van der Waals surface area contributed by atoms with E-state index in [-0.39, 0.29) is 35.3 Å². The van der Waals surface area contributed by atoms with E-state index in [2.05, 4.69) is 5.32 Å². The molecule has 3 rings (SSSR count). The minimum Gasteiger partial charge on any atom is -0.465 e. The van der Waals surface area contributed by atoms with Gasteiger partial charge in [0.05, 0.1) is 10.8 Å². The molecule has 0 aromatic heterocycles. The monoisotopic (exact) mass is 423 g/mol. The Bertz CT molecular complexity index is 822. The highest BCUT2D eigenvalue weighted by Crippen LogP contribution is 2.26. The number of piperidine rings is 1. The Balaban J connectivity index is 1.55. The van der Waals surface area contributed by atoms with Crippen molar-refractivity contribution in [3.05, 3.63) is 30.3 Å². The normalized spacial score (nSPS) is 25.9. The van der Waals surface area contributed by atoms with Crippen LogP contribution in [0, 0.1) is 5.92 Å². The quantitative estimate of drug-likeness (QED) is 0.754. The number of hydrogen-bond donors (Lipinski definition) is 2. The van der Waals surface area contributed by atoms with Crippen LogP contribution in [0.2, 0.25) is 0 Å². The summed E-state index contributed by atoms with van der Waals surface area (Å²) in [5.74, 6) is -0.463. The Morgan fingerprint density at radius 2 is 1.76 bits per heavy atom. The first-order chi connectivity index (χ1) is 13.8. The van der Waals surface area contributed by atoms with Gasteiger partial charge in [-0.05, 0) is 50.7 Å². The molecule has 0 bridgehead atoms. The summed E-state index contributed by atoms with van der Waals surface area (Å²) < 4.78 is 27.1. The second-order valence-corrected chi connectivity index (χ2v) is 9.86. The maximum absolute atomic E-state index is 12.8. The summed E-state index contributed by atoms with van der Waals surface area (Å²) in [4.78, 5) is 25.4. The van der Waals surface area contributed by atoms with Gasteiger partial charge in [-0.3, -0.25) is 4.79 Å². The summed E-state index contributed by atoms with van der Waals surface area (Å²) in [5, 5.41) is 12.2. The number of hydrogen-bond acceptors (Lipinski definition) is 4. The number of rotatable bonds is 5. The smallest absolute Gasteiger partial charge is 0.407 e. The zero-order valence-corrected chi connectivity index (χ0v) is 17.5. The molecule has 1 aromatic carbocycles. The summed E-state index contributed by atoms with van der Waals surface area (Å²) in [6, 6.07) is 8.31. The Kier molecular flexibility index (Phi) is 6.79. The van der Waals surface area contributed by atoms with Crippen molar-refractivity contribution in [3.8, 4) is 0 Å². The van der Waals surface area contributed by atoms with Gasteiger partial charge in [0.25, 0.3) is 0 Å². The summed E-state index contributed by atoms with van der Waals surface area (Å²) in [5.41, 5.74) is 0. The highest BCUT2D eigenvalue weighted by molar-refractivity contribution is 7.89. The van der Waals surface area contributed by atoms with Crippen molar-refractivity contribution >= 4 is 22.0 Å². The molecule has 1 heterocycles. The van der Waals surface area contributed by atoms with E-state index in [0.29, 0.717) is 32.2 Å². The molecule has 1 saturated carbocycles. The molecule has 2 aliphatic rings. The average Bonchev–Trinajstić information content (AvgIpc) is 2.74. The molecule has 0 unspecified atom stereocenters. The predicted molar refractivity (Wildman–Crippen MR) is 108 cm³/mol. The first-order valence-electron chi connectivity index (χ1n) is 10.1. The lowest BCUT2D eigenvalue weighted by Gasteiger charge is -2.35. The molecule has 1 aliphatic carbocycles. The van der Waals surface area contributed by atoms with Crippen molar-refractivity contribution in [1.29, 1.82) is 0 Å². The molecule has 1 aromatic rings. The molecule has 0 radical (unpaired) electrons. The van der Waals surface area contributed by atoms with Crippen molar-refractivity contribution in [2.45, 2.75) is 55.5 Å². The molecule has 1 aliphatic heterocycles. The Morgan fingerprint density at radius 3 is 2.38 bits per heavy atom. The zero-order valence-electron chi connectivity index (χ0n) is 16.7. The van der Waals surface area contributed by atoms with Crippen molar-refractivity contribution in [2.24, 2.45) is 5.92 Å². The molecular weight excluding hydrogens is 394 g/mol. The number of sulfonamides is 1. The van der Waals surface area contributed by atoms with Crippen LogP contribution in [0.4, 0.5) is 4.79 Å². The number of amides is 2. The fourth-order valence-electron chi connectivity index (χ4n) is 4.20. The van der Waals surface area contributed by atoms with Gasteiger partial charge in [-0.2, -0.15) is 4.31 Å². The first-order valence-corrected chi connectivity index (χ1v) is 11.5. The lowest BCUT2D eigenvalue weighted by atomic mass is 9.89. The maximum Gasteiger partial charge on any atom is 0.407 e. The lowest BCUT2D eigenvalue weighted by molar-refractivity contribution is -0.127. The molecule has 2 amide bonds. The topological polar surface area (TPSA) is 107 Å².